The number of rotatable bonds is 2. The first-order valence-electron chi connectivity index (χ1n) is 4.71. The topological polar surface area (TPSA) is 3.24 Å². The number of benzene rings is 2. The van der Waals surface area contributed by atoms with Gasteiger partial charge in [-0.2, -0.15) is 0 Å². The molecule has 0 heterocycles. The monoisotopic (exact) mass is 285 g/mol. The third kappa shape index (κ3) is 1.98. The van der Waals surface area contributed by atoms with E-state index in [-0.39, 0.29) is 14.0 Å². The van der Waals surface area contributed by atoms with Crippen LogP contribution in [-0.2, 0) is 0 Å². The van der Waals surface area contributed by atoms with Gasteiger partial charge in [-0.25, -0.2) is 0 Å². The van der Waals surface area contributed by atoms with E-state index in [1.54, 1.807) is 0 Å². The number of hydrogen-bond acceptors (Lipinski definition) is 1. The van der Waals surface area contributed by atoms with Crippen molar-refractivity contribution < 1.29 is 0 Å². The Labute approximate surface area is 100 Å². The van der Waals surface area contributed by atoms with E-state index in [2.05, 4.69) is 55.4 Å². The van der Waals surface area contributed by atoms with Gasteiger partial charge in [-0.05, 0) is 0 Å². The molecular formula is C12H12ClNSe. The zero-order valence-electron chi connectivity index (χ0n) is 8.70. The zero-order chi connectivity index (χ0) is 10.8. The summed E-state index contributed by atoms with van der Waals surface area (Å²) in [6, 6.07) is 12.7. The van der Waals surface area contributed by atoms with E-state index in [1.165, 1.54) is 20.9 Å². The van der Waals surface area contributed by atoms with Crippen LogP contribution in [0.1, 0.15) is 0 Å². The molecule has 0 spiro atoms. The van der Waals surface area contributed by atoms with Crippen LogP contribution >= 0.6 is 10.1 Å². The van der Waals surface area contributed by atoms with Crippen molar-refractivity contribution in [2.24, 2.45) is 0 Å². The molecule has 0 unspecified atom stereocenters. The van der Waals surface area contributed by atoms with Crippen molar-refractivity contribution >= 4 is 45.1 Å². The second-order valence-electron chi connectivity index (χ2n) is 3.60. The maximum atomic E-state index is 6.03. The first-order valence-corrected chi connectivity index (χ1v) is 7.82. The molecule has 0 radical (unpaired) electrons. The predicted molar refractivity (Wildman–Crippen MR) is 69.5 cm³/mol. The van der Waals surface area contributed by atoms with Crippen LogP contribution in [0.3, 0.4) is 0 Å². The van der Waals surface area contributed by atoms with Crippen LogP contribution in [0.25, 0.3) is 10.8 Å². The van der Waals surface area contributed by atoms with E-state index < -0.39 is 0 Å². The van der Waals surface area contributed by atoms with Crippen molar-refractivity contribution in [3.63, 3.8) is 0 Å². The van der Waals surface area contributed by atoms with Gasteiger partial charge in [0.25, 0.3) is 0 Å². The van der Waals surface area contributed by atoms with E-state index >= 15 is 0 Å². The molecule has 0 aliphatic carbocycles. The van der Waals surface area contributed by atoms with Crippen molar-refractivity contribution in [3.8, 4) is 0 Å². The van der Waals surface area contributed by atoms with E-state index in [9.17, 15) is 0 Å². The van der Waals surface area contributed by atoms with Crippen molar-refractivity contribution in [1.82, 2.24) is 0 Å². The van der Waals surface area contributed by atoms with Gasteiger partial charge in [0.15, 0.2) is 0 Å². The first kappa shape index (κ1) is 10.8. The summed E-state index contributed by atoms with van der Waals surface area (Å²) in [4.78, 5) is 2.13. The minimum atomic E-state index is 0.0195. The van der Waals surface area contributed by atoms with Gasteiger partial charge in [0.1, 0.15) is 0 Å². The molecule has 0 saturated heterocycles. The molecule has 0 amide bonds. The second kappa shape index (κ2) is 4.44. The van der Waals surface area contributed by atoms with Gasteiger partial charge >= 0.3 is 100 Å². The summed E-state index contributed by atoms with van der Waals surface area (Å²) >= 11 is 0.0195. The summed E-state index contributed by atoms with van der Waals surface area (Å²) in [5, 5.41) is 2.56. The Bertz CT molecular complexity index is 477. The van der Waals surface area contributed by atoms with Gasteiger partial charge in [-0.15, -0.1) is 0 Å². The molecule has 0 aliphatic rings. The van der Waals surface area contributed by atoms with Crippen LogP contribution in [0, 0.1) is 0 Å². The number of nitrogens with zero attached hydrogens (tertiary/aromatic N) is 1. The molecule has 2 aromatic rings. The second-order valence-corrected chi connectivity index (χ2v) is 5.65. The number of fused-ring (bicyclic) bond motifs is 1. The molecule has 0 aromatic heterocycles. The normalized spacial score (nSPS) is 10.6. The Hall–Kier alpha value is -0.691. The fraction of sp³-hybridized carbons (Fsp3) is 0.167. The average Bonchev–Trinajstić information content (AvgIpc) is 2.27. The van der Waals surface area contributed by atoms with Crippen LogP contribution in [0.15, 0.2) is 36.4 Å². The minimum absolute atomic E-state index is 0.0195. The molecule has 15 heavy (non-hydrogen) atoms. The Morgan fingerprint density at radius 1 is 1.07 bits per heavy atom. The van der Waals surface area contributed by atoms with Crippen molar-refractivity contribution in [2.75, 3.05) is 19.0 Å². The van der Waals surface area contributed by atoms with Gasteiger partial charge in [-0.3, -0.25) is 0 Å². The Morgan fingerprint density at radius 3 is 2.33 bits per heavy atom. The molecule has 0 atom stereocenters. The predicted octanol–water partition coefficient (Wildman–Crippen LogP) is 2.39. The van der Waals surface area contributed by atoms with E-state index in [4.69, 9.17) is 10.1 Å². The SMILES string of the molecule is CN(C)c1cccc2cccc([Se]Cl)c12. The third-order valence-corrected chi connectivity index (χ3v) is 4.34. The van der Waals surface area contributed by atoms with E-state index in [1.807, 2.05) is 0 Å². The van der Waals surface area contributed by atoms with Gasteiger partial charge in [0.2, 0.25) is 0 Å². The van der Waals surface area contributed by atoms with Crippen molar-refractivity contribution in [2.45, 2.75) is 0 Å². The van der Waals surface area contributed by atoms with Gasteiger partial charge in [0.05, 0.1) is 0 Å². The quantitative estimate of drug-likeness (QED) is 0.766. The Kier molecular flexibility index (Phi) is 3.20. The summed E-state index contributed by atoms with van der Waals surface area (Å²) in [5.41, 5.74) is 1.24. The summed E-state index contributed by atoms with van der Waals surface area (Å²) in [7, 11) is 10.2. The van der Waals surface area contributed by atoms with Crippen molar-refractivity contribution in [3.05, 3.63) is 36.4 Å². The van der Waals surface area contributed by atoms with Crippen LogP contribution in [0.2, 0.25) is 0 Å². The van der Waals surface area contributed by atoms with Crippen LogP contribution in [-0.4, -0.2) is 28.1 Å². The van der Waals surface area contributed by atoms with Crippen LogP contribution in [0.5, 0.6) is 0 Å². The van der Waals surface area contributed by atoms with Crippen molar-refractivity contribution in [1.29, 1.82) is 0 Å². The maximum absolute atomic E-state index is 6.03. The van der Waals surface area contributed by atoms with E-state index in [0.29, 0.717) is 0 Å². The average molecular weight is 285 g/mol. The molecule has 0 saturated carbocycles. The molecule has 78 valence electrons. The summed E-state index contributed by atoms with van der Waals surface area (Å²) < 4.78 is 1.26. The Morgan fingerprint density at radius 2 is 1.73 bits per heavy atom. The first-order chi connectivity index (χ1) is 7.24. The Balaban J connectivity index is 2.81. The fourth-order valence-electron chi connectivity index (χ4n) is 1.72. The van der Waals surface area contributed by atoms with Crippen LogP contribution in [0.4, 0.5) is 5.69 Å². The molecule has 1 nitrogen and oxygen atoms in total. The molecule has 2 rings (SSSR count). The standard InChI is InChI=1S/C12H12ClNSe/c1-14(2)10-7-3-5-9-6-4-8-11(15-13)12(9)10/h3-8H,1-2H3. The molecule has 0 N–H and O–H groups in total. The number of anilines is 1. The van der Waals surface area contributed by atoms with Gasteiger partial charge in [-0.1, -0.05) is 0 Å². The molecule has 3 heteroatoms. The summed E-state index contributed by atoms with van der Waals surface area (Å²) in [5.74, 6) is 0. The molecular weight excluding hydrogens is 273 g/mol. The van der Waals surface area contributed by atoms with E-state index in [0.717, 1.165) is 0 Å². The molecule has 0 fully saturated rings. The fourth-order valence-corrected chi connectivity index (χ4v) is 3.29. The number of hydrogen-bond donors (Lipinski definition) is 0. The number of halogens is 1. The summed E-state index contributed by atoms with van der Waals surface area (Å²) in [6.07, 6.45) is 0. The zero-order valence-corrected chi connectivity index (χ0v) is 11.2. The summed E-state index contributed by atoms with van der Waals surface area (Å²) in [6.45, 7) is 0. The van der Waals surface area contributed by atoms with Gasteiger partial charge in [0, 0.05) is 0 Å². The van der Waals surface area contributed by atoms with Gasteiger partial charge < -0.3 is 0 Å². The molecule has 0 bridgehead atoms. The third-order valence-electron chi connectivity index (χ3n) is 2.41. The molecule has 0 aliphatic heterocycles. The van der Waals surface area contributed by atoms with Crippen LogP contribution < -0.4 is 9.36 Å². The molecule has 2 aromatic carbocycles.